The number of H-pyrrole nitrogens is 1. The SMILES string of the molecule is COC(=O)N1CSC[C@H]1C(=S)NCCc1c[nH]c2ccccc12. The molecule has 1 aliphatic rings. The van der Waals surface area contributed by atoms with Gasteiger partial charge >= 0.3 is 6.09 Å². The van der Waals surface area contributed by atoms with Crippen LogP contribution in [-0.2, 0) is 11.2 Å². The Hall–Kier alpha value is -1.73. The molecule has 0 saturated carbocycles. The third kappa shape index (κ3) is 3.45. The van der Waals surface area contributed by atoms with Crippen LogP contribution in [-0.4, -0.2) is 52.3 Å². The van der Waals surface area contributed by atoms with Gasteiger partial charge in [-0.15, -0.1) is 11.8 Å². The van der Waals surface area contributed by atoms with Crippen LogP contribution in [0.1, 0.15) is 5.56 Å². The van der Waals surface area contributed by atoms with Gasteiger partial charge in [-0.25, -0.2) is 4.79 Å². The van der Waals surface area contributed by atoms with E-state index in [0.29, 0.717) is 10.9 Å². The number of para-hydroxylation sites is 1. The predicted octanol–water partition coefficient (Wildman–Crippen LogP) is 2.77. The zero-order valence-corrected chi connectivity index (χ0v) is 14.5. The summed E-state index contributed by atoms with van der Waals surface area (Å²) in [5, 5.41) is 4.53. The van der Waals surface area contributed by atoms with Gasteiger partial charge in [0.05, 0.1) is 24.0 Å². The summed E-state index contributed by atoms with van der Waals surface area (Å²) in [6, 6.07) is 8.18. The first-order valence-electron chi connectivity index (χ1n) is 7.45. The van der Waals surface area contributed by atoms with Crippen LogP contribution in [0.4, 0.5) is 4.79 Å². The lowest BCUT2D eigenvalue weighted by molar-refractivity contribution is 0.130. The number of nitrogens with zero attached hydrogens (tertiary/aromatic N) is 1. The monoisotopic (exact) mass is 349 g/mol. The predicted molar refractivity (Wildman–Crippen MR) is 98.0 cm³/mol. The van der Waals surface area contributed by atoms with E-state index in [0.717, 1.165) is 24.2 Å². The second-order valence-electron chi connectivity index (χ2n) is 5.36. The van der Waals surface area contributed by atoms with Crippen LogP contribution in [0, 0.1) is 0 Å². The third-order valence-electron chi connectivity index (χ3n) is 3.96. The zero-order chi connectivity index (χ0) is 16.2. The molecule has 3 rings (SSSR count). The van der Waals surface area contributed by atoms with Gasteiger partial charge in [0, 0.05) is 29.4 Å². The van der Waals surface area contributed by atoms with Gasteiger partial charge in [0.15, 0.2) is 0 Å². The summed E-state index contributed by atoms with van der Waals surface area (Å²) < 4.78 is 4.81. The number of carbonyl (C=O) groups excluding carboxylic acids is 1. The first-order valence-corrected chi connectivity index (χ1v) is 9.02. The molecule has 0 aliphatic carbocycles. The lowest BCUT2D eigenvalue weighted by Crippen LogP contribution is -2.46. The van der Waals surface area contributed by atoms with Gasteiger partial charge in [0.2, 0.25) is 0 Å². The lowest BCUT2D eigenvalue weighted by atomic mass is 10.1. The summed E-state index contributed by atoms with van der Waals surface area (Å²) >= 11 is 7.15. The number of methoxy groups -OCH3 is 1. The summed E-state index contributed by atoms with van der Waals surface area (Å²) in [5.74, 6) is 1.44. The lowest BCUT2D eigenvalue weighted by Gasteiger charge is -2.23. The van der Waals surface area contributed by atoms with Crippen molar-refractivity contribution in [2.45, 2.75) is 12.5 Å². The number of thioether (sulfide) groups is 1. The normalized spacial score (nSPS) is 17.4. The smallest absolute Gasteiger partial charge is 0.410 e. The average molecular weight is 349 g/mol. The molecule has 2 N–H and O–H groups in total. The molecular weight excluding hydrogens is 330 g/mol. The fraction of sp³-hybridized carbons (Fsp3) is 0.375. The molecule has 1 aliphatic heterocycles. The van der Waals surface area contributed by atoms with Gasteiger partial charge in [-0.3, -0.25) is 4.90 Å². The van der Waals surface area contributed by atoms with E-state index < -0.39 is 0 Å². The Morgan fingerprint density at radius 3 is 3.17 bits per heavy atom. The Morgan fingerprint density at radius 1 is 1.52 bits per heavy atom. The van der Waals surface area contributed by atoms with Gasteiger partial charge in [0.25, 0.3) is 0 Å². The summed E-state index contributed by atoms with van der Waals surface area (Å²) in [5.41, 5.74) is 2.41. The van der Waals surface area contributed by atoms with E-state index in [2.05, 4.69) is 22.4 Å². The molecule has 122 valence electrons. The highest BCUT2D eigenvalue weighted by Crippen LogP contribution is 2.22. The van der Waals surface area contributed by atoms with E-state index in [1.165, 1.54) is 18.1 Å². The van der Waals surface area contributed by atoms with Crippen molar-refractivity contribution >= 4 is 46.0 Å². The second-order valence-corrected chi connectivity index (χ2v) is 6.80. The van der Waals surface area contributed by atoms with Crippen LogP contribution in [0.5, 0.6) is 0 Å². The standard InChI is InChI=1S/C16H19N3O2S2/c1-21-16(20)19-10-23-9-14(19)15(22)17-7-6-11-8-18-13-5-3-2-4-12(11)13/h2-5,8,14,18H,6-7,9-10H2,1H3,(H,17,22)/t14-/m0/s1. The van der Waals surface area contributed by atoms with Gasteiger partial charge < -0.3 is 15.0 Å². The minimum atomic E-state index is -0.319. The van der Waals surface area contributed by atoms with Crippen LogP contribution < -0.4 is 5.32 Å². The second kappa shape index (κ2) is 7.23. The zero-order valence-electron chi connectivity index (χ0n) is 12.9. The number of amides is 1. The number of carbonyl (C=O) groups is 1. The van der Waals surface area contributed by atoms with Crippen LogP contribution in [0.2, 0.25) is 0 Å². The number of rotatable bonds is 4. The van der Waals surface area contributed by atoms with Crippen molar-refractivity contribution in [3.63, 3.8) is 0 Å². The number of hydrogen-bond acceptors (Lipinski definition) is 4. The minimum Gasteiger partial charge on any atom is -0.453 e. The van der Waals surface area contributed by atoms with Gasteiger partial charge in [-0.2, -0.15) is 0 Å². The molecule has 1 fully saturated rings. The molecule has 23 heavy (non-hydrogen) atoms. The maximum absolute atomic E-state index is 11.7. The Morgan fingerprint density at radius 2 is 2.35 bits per heavy atom. The number of benzene rings is 1. The molecule has 0 radical (unpaired) electrons. The molecule has 1 amide bonds. The Bertz CT molecular complexity index is 716. The van der Waals surface area contributed by atoms with Crippen molar-refractivity contribution in [1.29, 1.82) is 0 Å². The van der Waals surface area contributed by atoms with Crippen molar-refractivity contribution < 1.29 is 9.53 Å². The van der Waals surface area contributed by atoms with Crippen molar-refractivity contribution in [2.24, 2.45) is 0 Å². The van der Waals surface area contributed by atoms with Crippen molar-refractivity contribution in [3.05, 3.63) is 36.0 Å². The number of hydrogen-bond donors (Lipinski definition) is 2. The van der Waals surface area contributed by atoms with E-state index in [-0.39, 0.29) is 12.1 Å². The Kier molecular flexibility index (Phi) is 5.07. The molecule has 5 nitrogen and oxygen atoms in total. The van der Waals surface area contributed by atoms with E-state index in [9.17, 15) is 4.79 Å². The molecule has 0 spiro atoms. The fourth-order valence-corrected chi connectivity index (χ4v) is 4.31. The highest BCUT2D eigenvalue weighted by atomic mass is 32.2. The number of aromatic nitrogens is 1. The van der Waals surface area contributed by atoms with Crippen LogP contribution in [0.3, 0.4) is 0 Å². The molecule has 1 atom stereocenters. The first kappa shape index (κ1) is 16.1. The summed E-state index contributed by atoms with van der Waals surface area (Å²) in [6.45, 7) is 0.747. The maximum Gasteiger partial charge on any atom is 0.410 e. The topological polar surface area (TPSA) is 57.4 Å². The maximum atomic E-state index is 11.7. The first-order chi connectivity index (χ1) is 11.2. The number of thiocarbonyl (C=S) groups is 1. The highest BCUT2D eigenvalue weighted by Gasteiger charge is 2.32. The van der Waals surface area contributed by atoms with Gasteiger partial charge in [0.1, 0.15) is 0 Å². The van der Waals surface area contributed by atoms with Crippen molar-refractivity contribution in [3.8, 4) is 0 Å². The molecule has 1 saturated heterocycles. The fourth-order valence-electron chi connectivity index (χ4n) is 2.73. The molecule has 2 heterocycles. The van der Waals surface area contributed by atoms with Gasteiger partial charge in [-0.1, -0.05) is 30.4 Å². The largest absolute Gasteiger partial charge is 0.453 e. The van der Waals surface area contributed by atoms with Crippen LogP contribution in [0.25, 0.3) is 10.9 Å². The number of aromatic amines is 1. The molecule has 1 aromatic heterocycles. The third-order valence-corrected chi connectivity index (χ3v) is 5.39. The average Bonchev–Trinajstić information content (AvgIpc) is 3.21. The molecule has 1 aromatic carbocycles. The summed E-state index contributed by atoms with van der Waals surface area (Å²) in [4.78, 5) is 17.4. The van der Waals surface area contributed by atoms with Gasteiger partial charge in [-0.05, 0) is 18.1 Å². The molecular formula is C16H19N3O2S2. The van der Waals surface area contributed by atoms with Crippen LogP contribution >= 0.6 is 24.0 Å². The molecule has 0 unspecified atom stereocenters. The quantitative estimate of drug-likeness (QED) is 0.831. The Balaban J connectivity index is 1.56. The number of nitrogens with one attached hydrogen (secondary N) is 2. The van der Waals surface area contributed by atoms with Crippen molar-refractivity contribution in [2.75, 3.05) is 25.3 Å². The van der Waals surface area contributed by atoms with E-state index in [1.54, 1.807) is 16.7 Å². The van der Waals surface area contributed by atoms with E-state index >= 15 is 0 Å². The van der Waals surface area contributed by atoms with E-state index in [1.807, 2.05) is 18.3 Å². The van der Waals surface area contributed by atoms with E-state index in [4.69, 9.17) is 17.0 Å². The highest BCUT2D eigenvalue weighted by molar-refractivity contribution is 7.99. The summed E-state index contributed by atoms with van der Waals surface area (Å²) in [6.07, 6.45) is 2.60. The number of fused-ring (bicyclic) bond motifs is 1. The molecule has 0 bridgehead atoms. The molecule has 7 heteroatoms. The number of ether oxygens (including phenoxy) is 1. The summed E-state index contributed by atoms with van der Waals surface area (Å²) in [7, 11) is 1.40. The molecule has 2 aromatic rings. The Labute approximate surface area is 144 Å². The van der Waals surface area contributed by atoms with Crippen molar-refractivity contribution in [1.82, 2.24) is 15.2 Å². The minimum absolute atomic E-state index is 0.0783. The van der Waals surface area contributed by atoms with Crippen LogP contribution in [0.15, 0.2) is 30.5 Å².